The van der Waals surface area contributed by atoms with E-state index in [9.17, 15) is 9.18 Å². The maximum atomic E-state index is 13.0. The first-order valence-corrected chi connectivity index (χ1v) is 7.59. The number of halogens is 2. The van der Waals surface area contributed by atoms with Gasteiger partial charge in [0.15, 0.2) is 6.10 Å². The fourth-order valence-electron chi connectivity index (χ4n) is 2.14. The average molecular weight is 331 g/mol. The molecule has 1 N–H and O–H groups in total. The predicted octanol–water partition coefficient (Wildman–Crippen LogP) is 2.39. The molecule has 1 fully saturated rings. The molecule has 122 valence electrons. The largest absolute Gasteiger partial charge is 0.479 e. The molecule has 0 bridgehead atoms. The van der Waals surface area contributed by atoms with Gasteiger partial charge < -0.3 is 9.64 Å². The predicted molar refractivity (Wildman–Crippen MR) is 81.2 cm³/mol. The lowest BCUT2D eigenvalue weighted by atomic mass is 10.1. The van der Waals surface area contributed by atoms with Crippen molar-refractivity contribution in [1.82, 2.24) is 10.4 Å². The Kier molecular flexibility index (Phi) is 5.99. The number of piperidine rings is 1. The number of hydrogen-bond acceptors (Lipinski definition) is 4. The second-order valence-electron chi connectivity index (χ2n) is 5.42. The summed E-state index contributed by atoms with van der Waals surface area (Å²) in [6, 6.07) is 3.75. The fraction of sp³-hybridized carbons (Fsp3) is 0.533. The zero-order valence-electron chi connectivity index (χ0n) is 12.6. The zero-order valence-corrected chi connectivity index (χ0v) is 13.4. The summed E-state index contributed by atoms with van der Waals surface area (Å²) >= 11 is 5.86. The van der Waals surface area contributed by atoms with Gasteiger partial charge in [-0.15, -0.1) is 0 Å². The van der Waals surface area contributed by atoms with Crippen LogP contribution in [0, 0.1) is 5.82 Å². The number of amides is 1. The van der Waals surface area contributed by atoms with Crippen LogP contribution in [-0.4, -0.2) is 43.2 Å². The van der Waals surface area contributed by atoms with Crippen molar-refractivity contribution in [2.45, 2.75) is 32.0 Å². The Hall–Kier alpha value is -1.37. The number of ether oxygens (including phenoxy) is 1. The molecule has 2 rings (SSSR count). The molecule has 1 atom stereocenters. The minimum absolute atomic E-state index is 0.0155. The first-order chi connectivity index (χ1) is 10.5. The second kappa shape index (κ2) is 7.76. The van der Waals surface area contributed by atoms with Gasteiger partial charge in [-0.3, -0.25) is 9.63 Å². The topological polar surface area (TPSA) is 50.8 Å². The standard InChI is InChI=1S/C15H20ClFN2O3/c1-10(21-14-4-3-11(17)9-13(14)16)15(20)18-22-12-5-7-19(2)8-6-12/h3-4,9-10,12H,5-8H2,1-2H3,(H,18,20). The number of carbonyl (C=O) groups is 1. The van der Waals surface area contributed by atoms with Crippen molar-refractivity contribution in [1.29, 1.82) is 0 Å². The van der Waals surface area contributed by atoms with Crippen LogP contribution in [0.2, 0.25) is 5.02 Å². The number of nitrogens with zero attached hydrogens (tertiary/aromatic N) is 1. The molecule has 1 heterocycles. The van der Waals surface area contributed by atoms with Crippen LogP contribution in [0.15, 0.2) is 18.2 Å². The van der Waals surface area contributed by atoms with Gasteiger partial charge in [0, 0.05) is 13.1 Å². The highest BCUT2D eigenvalue weighted by Crippen LogP contribution is 2.25. The summed E-state index contributed by atoms with van der Waals surface area (Å²) in [4.78, 5) is 19.6. The van der Waals surface area contributed by atoms with E-state index >= 15 is 0 Å². The Bertz CT molecular complexity index is 522. The number of likely N-dealkylation sites (tertiary alicyclic amines) is 1. The molecule has 1 aromatic carbocycles. The van der Waals surface area contributed by atoms with E-state index in [0.29, 0.717) is 0 Å². The smallest absolute Gasteiger partial charge is 0.284 e. The molecular weight excluding hydrogens is 311 g/mol. The van der Waals surface area contributed by atoms with E-state index in [2.05, 4.69) is 17.4 Å². The van der Waals surface area contributed by atoms with E-state index in [-0.39, 0.29) is 16.9 Å². The fourth-order valence-corrected chi connectivity index (χ4v) is 2.35. The lowest BCUT2D eigenvalue weighted by Crippen LogP contribution is -2.42. The Balaban J connectivity index is 1.79. The van der Waals surface area contributed by atoms with Crippen LogP contribution in [0.3, 0.4) is 0 Å². The molecule has 1 aliphatic heterocycles. The van der Waals surface area contributed by atoms with Gasteiger partial charge in [-0.25, -0.2) is 9.87 Å². The average Bonchev–Trinajstić information content (AvgIpc) is 2.49. The first-order valence-electron chi connectivity index (χ1n) is 7.21. The monoisotopic (exact) mass is 330 g/mol. The van der Waals surface area contributed by atoms with E-state index in [4.69, 9.17) is 21.2 Å². The SMILES string of the molecule is CC(Oc1ccc(F)cc1Cl)C(=O)NOC1CCN(C)CC1. The first kappa shape index (κ1) is 17.0. The van der Waals surface area contributed by atoms with Crippen LogP contribution >= 0.6 is 11.6 Å². The molecule has 5 nitrogen and oxygen atoms in total. The minimum Gasteiger partial charge on any atom is -0.479 e. The molecule has 0 saturated carbocycles. The third-order valence-corrected chi connectivity index (χ3v) is 3.85. The molecule has 22 heavy (non-hydrogen) atoms. The Morgan fingerprint density at radius 3 is 2.77 bits per heavy atom. The van der Waals surface area contributed by atoms with E-state index in [1.807, 2.05) is 0 Å². The van der Waals surface area contributed by atoms with Crippen LogP contribution < -0.4 is 10.2 Å². The molecule has 0 radical (unpaired) electrons. The molecule has 1 saturated heterocycles. The summed E-state index contributed by atoms with van der Waals surface area (Å²) in [5.41, 5.74) is 2.42. The van der Waals surface area contributed by atoms with Gasteiger partial charge >= 0.3 is 0 Å². The van der Waals surface area contributed by atoms with E-state index in [0.717, 1.165) is 32.0 Å². The molecule has 1 amide bonds. The van der Waals surface area contributed by atoms with Crippen molar-refractivity contribution in [3.63, 3.8) is 0 Å². The molecule has 1 aliphatic rings. The number of hydrogen-bond donors (Lipinski definition) is 1. The number of nitrogens with one attached hydrogen (secondary N) is 1. The third kappa shape index (κ3) is 4.83. The highest BCUT2D eigenvalue weighted by atomic mass is 35.5. The molecule has 0 aromatic heterocycles. The van der Waals surface area contributed by atoms with Gasteiger partial charge in [0.25, 0.3) is 5.91 Å². The third-order valence-electron chi connectivity index (χ3n) is 3.56. The Morgan fingerprint density at radius 1 is 1.45 bits per heavy atom. The maximum absolute atomic E-state index is 13.0. The van der Waals surface area contributed by atoms with E-state index in [1.54, 1.807) is 6.92 Å². The molecule has 0 spiro atoms. The van der Waals surface area contributed by atoms with Crippen molar-refractivity contribution in [2.75, 3.05) is 20.1 Å². The highest BCUT2D eigenvalue weighted by Gasteiger charge is 2.21. The molecule has 1 aromatic rings. The van der Waals surface area contributed by atoms with Crippen LogP contribution in [0.1, 0.15) is 19.8 Å². The van der Waals surface area contributed by atoms with Crippen molar-refractivity contribution in [3.05, 3.63) is 29.0 Å². The van der Waals surface area contributed by atoms with Gasteiger partial charge in [0.2, 0.25) is 0 Å². The summed E-state index contributed by atoms with van der Waals surface area (Å²) in [7, 11) is 2.05. The van der Waals surface area contributed by atoms with Crippen molar-refractivity contribution >= 4 is 17.5 Å². The minimum atomic E-state index is -0.797. The van der Waals surface area contributed by atoms with Gasteiger partial charge in [-0.1, -0.05) is 11.6 Å². The quantitative estimate of drug-likeness (QED) is 0.842. The number of carbonyl (C=O) groups excluding carboxylic acids is 1. The van der Waals surface area contributed by atoms with Gasteiger partial charge in [0.1, 0.15) is 11.6 Å². The van der Waals surface area contributed by atoms with Crippen LogP contribution in [0.25, 0.3) is 0 Å². The van der Waals surface area contributed by atoms with E-state index in [1.165, 1.54) is 12.1 Å². The second-order valence-corrected chi connectivity index (χ2v) is 5.83. The van der Waals surface area contributed by atoms with Crippen molar-refractivity contribution in [3.8, 4) is 5.75 Å². The lowest BCUT2D eigenvalue weighted by Gasteiger charge is -2.28. The van der Waals surface area contributed by atoms with Crippen LogP contribution in [0.4, 0.5) is 4.39 Å². The van der Waals surface area contributed by atoms with Crippen molar-refractivity contribution in [2.24, 2.45) is 0 Å². The zero-order chi connectivity index (χ0) is 16.1. The summed E-state index contributed by atoms with van der Waals surface area (Å²) in [6.07, 6.45) is 0.960. The summed E-state index contributed by atoms with van der Waals surface area (Å²) in [5, 5.41) is 0.121. The lowest BCUT2D eigenvalue weighted by molar-refractivity contribution is -0.147. The maximum Gasteiger partial charge on any atom is 0.284 e. The summed E-state index contributed by atoms with van der Waals surface area (Å²) < 4.78 is 18.4. The molecule has 0 aliphatic carbocycles. The van der Waals surface area contributed by atoms with Crippen LogP contribution in [-0.2, 0) is 9.63 Å². The van der Waals surface area contributed by atoms with Gasteiger partial charge in [0.05, 0.1) is 11.1 Å². The Morgan fingerprint density at radius 2 is 2.14 bits per heavy atom. The molecular formula is C15H20ClFN2O3. The normalized spacial score (nSPS) is 18.0. The molecule has 7 heteroatoms. The Labute approximate surface area is 134 Å². The summed E-state index contributed by atoms with van der Waals surface area (Å²) in [5.74, 6) is -0.607. The number of hydroxylamine groups is 1. The molecule has 1 unspecified atom stereocenters. The highest BCUT2D eigenvalue weighted by molar-refractivity contribution is 6.32. The van der Waals surface area contributed by atoms with Gasteiger partial charge in [-0.2, -0.15) is 0 Å². The van der Waals surface area contributed by atoms with Crippen LogP contribution in [0.5, 0.6) is 5.75 Å². The van der Waals surface area contributed by atoms with Gasteiger partial charge in [-0.05, 0) is 45.0 Å². The number of benzene rings is 1. The van der Waals surface area contributed by atoms with E-state index < -0.39 is 17.8 Å². The summed E-state index contributed by atoms with van der Waals surface area (Å²) in [6.45, 7) is 3.46. The van der Waals surface area contributed by atoms with Crippen molar-refractivity contribution < 1.29 is 18.8 Å². The number of rotatable bonds is 5.